The fraction of sp³-hybridized carbons (Fsp3) is 0.929. The van der Waals surface area contributed by atoms with Crippen LogP contribution in [-0.2, 0) is 4.79 Å². The van der Waals surface area contributed by atoms with Crippen molar-refractivity contribution < 1.29 is 4.79 Å². The highest BCUT2D eigenvalue weighted by atomic mass is 16.2. The van der Waals surface area contributed by atoms with Crippen molar-refractivity contribution in [3.05, 3.63) is 0 Å². The van der Waals surface area contributed by atoms with Crippen molar-refractivity contribution in [2.75, 3.05) is 39.3 Å². The van der Waals surface area contributed by atoms with Gasteiger partial charge in [0.1, 0.15) is 0 Å². The van der Waals surface area contributed by atoms with Gasteiger partial charge in [-0.3, -0.25) is 9.69 Å². The van der Waals surface area contributed by atoms with Gasteiger partial charge in [0, 0.05) is 25.7 Å². The zero-order chi connectivity index (χ0) is 13.0. The summed E-state index contributed by atoms with van der Waals surface area (Å²) in [6.07, 6.45) is 3.36. The first-order valence-corrected chi connectivity index (χ1v) is 7.49. The highest BCUT2D eigenvalue weighted by molar-refractivity contribution is 5.79. The van der Waals surface area contributed by atoms with E-state index in [1.807, 2.05) is 0 Å². The molecule has 4 nitrogen and oxygen atoms in total. The van der Waals surface area contributed by atoms with Crippen molar-refractivity contribution >= 4 is 5.91 Å². The van der Waals surface area contributed by atoms with Crippen LogP contribution in [0.3, 0.4) is 0 Å². The molecule has 2 fully saturated rings. The molecular formula is C14H27N3O. The molecule has 2 atom stereocenters. The molecule has 1 amide bonds. The number of nitrogens with one attached hydrogen (secondary N) is 1. The van der Waals surface area contributed by atoms with Crippen molar-refractivity contribution in [1.29, 1.82) is 0 Å². The van der Waals surface area contributed by atoms with E-state index in [0.717, 1.165) is 58.5 Å². The Hall–Kier alpha value is -0.610. The number of likely N-dealkylation sites (N-methyl/N-ethyl adjacent to an activating group) is 1. The van der Waals surface area contributed by atoms with Crippen molar-refractivity contribution in [1.82, 2.24) is 15.1 Å². The average Bonchev–Trinajstić information content (AvgIpc) is 2.90. The molecule has 0 saturated carbocycles. The molecule has 2 aliphatic rings. The van der Waals surface area contributed by atoms with E-state index in [0.29, 0.717) is 11.9 Å². The molecule has 2 aliphatic heterocycles. The monoisotopic (exact) mass is 253 g/mol. The largest absolute Gasteiger partial charge is 0.341 e. The summed E-state index contributed by atoms with van der Waals surface area (Å²) in [5.74, 6) is 0.617. The lowest BCUT2D eigenvalue weighted by molar-refractivity contribution is -0.135. The summed E-state index contributed by atoms with van der Waals surface area (Å²) in [4.78, 5) is 17.0. The van der Waals surface area contributed by atoms with Crippen LogP contribution in [0.2, 0.25) is 0 Å². The molecule has 0 spiro atoms. The van der Waals surface area contributed by atoms with Gasteiger partial charge >= 0.3 is 0 Å². The fourth-order valence-electron chi connectivity index (χ4n) is 3.30. The number of carbonyl (C=O) groups is 1. The first-order chi connectivity index (χ1) is 8.76. The third-order valence-electron chi connectivity index (χ3n) is 4.45. The molecule has 1 N–H and O–H groups in total. The summed E-state index contributed by atoms with van der Waals surface area (Å²) in [5.41, 5.74) is 0. The molecule has 1 unspecified atom stereocenters. The van der Waals surface area contributed by atoms with Crippen LogP contribution < -0.4 is 5.32 Å². The number of rotatable bonds is 4. The summed E-state index contributed by atoms with van der Waals surface area (Å²) < 4.78 is 0. The molecule has 4 heteroatoms. The molecule has 0 aliphatic carbocycles. The fourth-order valence-corrected chi connectivity index (χ4v) is 3.30. The first kappa shape index (κ1) is 13.8. The third kappa shape index (κ3) is 3.04. The Morgan fingerprint density at radius 1 is 1.33 bits per heavy atom. The first-order valence-electron chi connectivity index (χ1n) is 7.49. The van der Waals surface area contributed by atoms with E-state index in [2.05, 4.69) is 29.0 Å². The number of amides is 1. The summed E-state index contributed by atoms with van der Waals surface area (Å²) in [7, 11) is 0. The van der Waals surface area contributed by atoms with Gasteiger partial charge in [-0.25, -0.2) is 0 Å². The number of piperidine rings is 1. The Labute approximate surface area is 111 Å². The van der Waals surface area contributed by atoms with Crippen LogP contribution in [0.25, 0.3) is 0 Å². The van der Waals surface area contributed by atoms with E-state index in [4.69, 9.17) is 0 Å². The smallest absolute Gasteiger partial charge is 0.227 e. The van der Waals surface area contributed by atoms with Crippen LogP contribution in [0, 0.1) is 5.92 Å². The summed E-state index contributed by atoms with van der Waals surface area (Å²) in [5, 5.41) is 3.34. The Morgan fingerprint density at radius 3 is 2.72 bits per heavy atom. The van der Waals surface area contributed by atoms with E-state index < -0.39 is 0 Å². The summed E-state index contributed by atoms with van der Waals surface area (Å²) in [6, 6.07) is 0.584. The summed E-state index contributed by atoms with van der Waals surface area (Å²) in [6.45, 7) is 10.4. The standard InChI is InChI=1S/C14H27N3O/c1-3-16(4-2)13-7-9-17(11-13)14(18)12-6-5-8-15-10-12/h12-13,15H,3-11H2,1-2H3/t12-,13?/m0/s1. The van der Waals surface area contributed by atoms with Gasteiger partial charge in [0.15, 0.2) is 0 Å². The highest BCUT2D eigenvalue weighted by Gasteiger charge is 2.32. The molecule has 2 heterocycles. The van der Waals surface area contributed by atoms with E-state index in [1.54, 1.807) is 0 Å². The second kappa shape index (κ2) is 6.53. The van der Waals surface area contributed by atoms with Gasteiger partial charge in [-0.1, -0.05) is 13.8 Å². The van der Waals surface area contributed by atoms with Crippen molar-refractivity contribution in [3.63, 3.8) is 0 Å². The molecule has 0 aromatic heterocycles. The Balaban J connectivity index is 1.85. The Bertz CT molecular complexity index is 272. The topological polar surface area (TPSA) is 35.6 Å². The minimum Gasteiger partial charge on any atom is -0.341 e. The zero-order valence-electron chi connectivity index (χ0n) is 11.8. The lowest BCUT2D eigenvalue weighted by Crippen LogP contribution is -2.44. The van der Waals surface area contributed by atoms with Gasteiger partial charge in [-0.2, -0.15) is 0 Å². The van der Waals surface area contributed by atoms with Gasteiger partial charge in [-0.05, 0) is 38.9 Å². The lowest BCUT2D eigenvalue weighted by Gasteiger charge is -2.29. The second-order valence-corrected chi connectivity index (χ2v) is 5.49. The van der Waals surface area contributed by atoms with Crippen LogP contribution in [0.4, 0.5) is 0 Å². The van der Waals surface area contributed by atoms with E-state index in [1.165, 1.54) is 0 Å². The minimum atomic E-state index is 0.231. The number of hydrogen-bond acceptors (Lipinski definition) is 3. The average molecular weight is 253 g/mol. The van der Waals surface area contributed by atoms with E-state index in [9.17, 15) is 4.79 Å². The van der Waals surface area contributed by atoms with E-state index >= 15 is 0 Å². The van der Waals surface area contributed by atoms with Gasteiger partial charge < -0.3 is 10.2 Å². The predicted molar refractivity (Wildman–Crippen MR) is 73.5 cm³/mol. The molecule has 0 radical (unpaired) electrons. The molecule has 104 valence electrons. The van der Waals surface area contributed by atoms with Crippen molar-refractivity contribution in [2.24, 2.45) is 5.92 Å². The van der Waals surface area contributed by atoms with Crippen LogP contribution in [0.15, 0.2) is 0 Å². The van der Waals surface area contributed by atoms with Crippen LogP contribution in [0.5, 0.6) is 0 Å². The molecule has 2 rings (SSSR count). The predicted octanol–water partition coefficient (Wildman–Crippen LogP) is 0.929. The Morgan fingerprint density at radius 2 is 2.11 bits per heavy atom. The van der Waals surface area contributed by atoms with Gasteiger partial charge in [0.2, 0.25) is 5.91 Å². The molecule has 0 bridgehead atoms. The Kier molecular flexibility index (Phi) is 5.01. The van der Waals surface area contributed by atoms with Crippen molar-refractivity contribution in [3.8, 4) is 0 Å². The minimum absolute atomic E-state index is 0.231. The van der Waals surface area contributed by atoms with Gasteiger partial charge in [0.25, 0.3) is 0 Å². The number of likely N-dealkylation sites (tertiary alicyclic amines) is 1. The van der Waals surface area contributed by atoms with Crippen LogP contribution in [0.1, 0.15) is 33.1 Å². The van der Waals surface area contributed by atoms with E-state index in [-0.39, 0.29) is 5.92 Å². The molecule has 0 aromatic carbocycles. The SMILES string of the molecule is CCN(CC)C1CCN(C(=O)[C@H]2CCCNC2)C1. The number of nitrogens with zero attached hydrogens (tertiary/aromatic N) is 2. The normalized spacial score (nSPS) is 28.9. The number of carbonyl (C=O) groups excluding carboxylic acids is 1. The third-order valence-corrected chi connectivity index (χ3v) is 4.45. The number of hydrogen-bond donors (Lipinski definition) is 1. The van der Waals surface area contributed by atoms with Gasteiger partial charge in [-0.15, -0.1) is 0 Å². The molecular weight excluding hydrogens is 226 g/mol. The van der Waals surface area contributed by atoms with Crippen LogP contribution >= 0.6 is 0 Å². The summed E-state index contributed by atoms with van der Waals surface area (Å²) >= 11 is 0. The van der Waals surface area contributed by atoms with Gasteiger partial charge in [0.05, 0.1) is 5.92 Å². The molecule has 2 saturated heterocycles. The van der Waals surface area contributed by atoms with Crippen LogP contribution in [-0.4, -0.2) is 61.0 Å². The maximum absolute atomic E-state index is 12.4. The zero-order valence-corrected chi connectivity index (χ0v) is 11.8. The quantitative estimate of drug-likeness (QED) is 0.809. The lowest BCUT2D eigenvalue weighted by atomic mass is 9.98. The highest BCUT2D eigenvalue weighted by Crippen LogP contribution is 2.20. The molecule has 0 aromatic rings. The maximum Gasteiger partial charge on any atom is 0.227 e. The second-order valence-electron chi connectivity index (χ2n) is 5.49. The molecule has 18 heavy (non-hydrogen) atoms. The maximum atomic E-state index is 12.4. The van der Waals surface area contributed by atoms with Crippen molar-refractivity contribution in [2.45, 2.75) is 39.2 Å².